The Bertz CT molecular complexity index is 845. The van der Waals surface area contributed by atoms with Crippen LogP contribution in [0.3, 0.4) is 0 Å². The van der Waals surface area contributed by atoms with Crippen molar-refractivity contribution in [1.82, 2.24) is 0 Å². The van der Waals surface area contributed by atoms with Gasteiger partial charge >= 0.3 is 0 Å². The second-order valence-corrected chi connectivity index (χ2v) is 8.73. The smallest absolute Gasteiger partial charge is 0.0984 e. The lowest BCUT2D eigenvalue weighted by Crippen LogP contribution is -2.31. The van der Waals surface area contributed by atoms with Crippen molar-refractivity contribution in [2.24, 2.45) is 0 Å². The van der Waals surface area contributed by atoms with E-state index in [2.05, 4.69) is 58.3 Å². The minimum Gasteiger partial charge on any atom is -0.371 e. The van der Waals surface area contributed by atoms with Crippen molar-refractivity contribution in [1.29, 1.82) is 0 Å². The van der Waals surface area contributed by atoms with E-state index in [1.165, 1.54) is 22.5 Å². The average Bonchev–Trinajstić information content (AvgIpc) is 3.62. The van der Waals surface area contributed by atoms with Gasteiger partial charge in [-0.25, -0.2) is 0 Å². The molecule has 0 aromatic heterocycles. The van der Waals surface area contributed by atoms with Crippen LogP contribution in [0.2, 0.25) is 0 Å². The molecule has 4 heterocycles. The van der Waals surface area contributed by atoms with E-state index in [1.807, 2.05) is 0 Å². The highest BCUT2D eigenvalue weighted by molar-refractivity contribution is 5.70. The van der Waals surface area contributed by atoms with E-state index in [1.54, 1.807) is 0 Å². The van der Waals surface area contributed by atoms with Crippen molar-refractivity contribution in [2.45, 2.75) is 24.4 Å². The molecule has 4 atom stereocenters. The third-order valence-electron chi connectivity index (χ3n) is 6.08. The second-order valence-electron chi connectivity index (χ2n) is 8.73. The van der Waals surface area contributed by atoms with E-state index in [0.717, 1.165) is 52.6 Å². The van der Waals surface area contributed by atoms with Crippen LogP contribution in [0.25, 0.3) is 11.1 Å². The monoisotopic (exact) mass is 408 g/mol. The van der Waals surface area contributed by atoms with Crippen molar-refractivity contribution >= 4 is 11.4 Å². The van der Waals surface area contributed by atoms with Crippen LogP contribution in [-0.4, -0.2) is 77.0 Å². The Hall–Kier alpha value is -2.12. The fourth-order valence-corrected chi connectivity index (χ4v) is 3.99. The summed E-state index contributed by atoms with van der Waals surface area (Å²) in [5, 5.41) is 0. The second kappa shape index (κ2) is 7.85. The molecule has 0 radical (unpaired) electrons. The summed E-state index contributed by atoms with van der Waals surface area (Å²) in [4.78, 5) is 4.79. The Labute approximate surface area is 177 Å². The Balaban J connectivity index is 1.19. The van der Waals surface area contributed by atoms with Crippen LogP contribution in [0.4, 0.5) is 11.4 Å². The minimum atomic E-state index is 0.364. The van der Waals surface area contributed by atoms with E-state index >= 15 is 0 Å². The van der Waals surface area contributed by atoms with Gasteiger partial charge in [-0.1, -0.05) is 24.3 Å². The fraction of sp³-hybridized carbons (Fsp3) is 0.500. The summed E-state index contributed by atoms with van der Waals surface area (Å²) in [5.41, 5.74) is 4.94. The van der Waals surface area contributed by atoms with Crippen molar-refractivity contribution in [2.75, 3.05) is 62.4 Å². The van der Waals surface area contributed by atoms with Gasteiger partial charge in [-0.05, 0) is 35.4 Å². The minimum absolute atomic E-state index is 0.364. The van der Waals surface area contributed by atoms with Gasteiger partial charge in [0.15, 0.2) is 0 Å². The number of hydrogen-bond acceptors (Lipinski definition) is 6. The van der Waals surface area contributed by atoms with E-state index in [4.69, 9.17) is 18.9 Å². The summed E-state index contributed by atoms with van der Waals surface area (Å²) >= 11 is 0. The van der Waals surface area contributed by atoms with Crippen LogP contribution in [0, 0.1) is 0 Å². The first-order valence-corrected chi connectivity index (χ1v) is 11.0. The van der Waals surface area contributed by atoms with Gasteiger partial charge in [0.25, 0.3) is 0 Å². The van der Waals surface area contributed by atoms with E-state index in [0.29, 0.717) is 24.4 Å². The molecular weight excluding hydrogens is 380 g/mol. The predicted octanol–water partition coefficient (Wildman–Crippen LogP) is 2.56. The highest BCUT2D eigenvalue weighted by Gasteiger charge is 2.32. The molecule has 30 heavy (non-hydrogen) atoms. The summed E-state index contributed by atoms with van der Waals surface area (Å²) in [7, 11) is 0. The number of ether oxygens (including phenoxy) is 4. The van der Waals surface area contributed by atoms with Gasteiger partial charge in [-0.3, -0.25) is 0 Å². The normalized spacial score (nSPS) is 28.1. The van der Waals surface area contributed by atoms with Crippen LogP contribution >= 0.6 is 0 Å². The fourth-order valence-electron chi connectivity index (χ4n) is 3.99. The SMILES string of the molecule is c1cc(-c2ccc(N(CC3CO3)CC3CO3)cc2)cc(N(CC2CO2)CC2CO2)c1. The molecule has 0 bridgehead atoms. The van der Waals surface area contributed by atoms with Crippen molar-refractivity contribution in [3.05, 3.63) is 48.5 Å². The van der Waals surface area contributed by atoms with Crippen LogP contribution in [-0.2, 0) is 18.9 Å². The molecule has 0 aliphatic carbocycles. The number of hydrogen-bond donors (Lipinski definition) is 0. The van der Waals surface area contributed by atoms with Gasteiger partial charge in [-0.15, -0.1) is 0 Å². The molecule has 6 nitrogen and oxygen atoms in total. The molecule has 2 aromatic carbocycles. The zero-order chi connectivity index (χ0) is 19.9. The first-order valence-electron chi connectivity index (χ1n) is 11.0. The summed E-state index contributed by atoms with van der Waals surface area (Å²) in [5.74, 6) is 0. The Morgan fingerprint density at radius 3 is 1.50 bits per heavy atom. The molecule has 4 fully saturated rings. The highest BCUT2D eigenvalue weighted by Crippen LogP contribution is 2.30. The molecule has 2 aromatic rings. The van der Waals surface area contributed by atoms with Gasteiger partial charge in [-0.2, -0.15) is 0 Å². The van der Waals surface area contributed by atoms with Gasteiger partial charge in [0.2, 0.25) is 0 Å². The summed E-state index contributed by atoms with van der Waals surface area (Å²) in [6.45, 7) is 7.25. The highest BCUT2D eigenvalue weighted by atomic mass is 16.6. The lowest BCUT2D eigenvalue weighted by atomic mass is 10.0. The number of rotatable bonds is 11. The molecule has 6 rings (SSSR count). The summed E-state index contributed by atoms with van der Waals surface area (Å²) in [6, 6.07) is 17.7. The van der Waals surface area contributed by atoms with Gasteiger partial charge < -0.3 is 28.7 Å². The van der Waals surface area contributed by atoms with Crippen molar-refractivity contribution < 1.29 is 18.9 Å². The number of benzene rings is 2. The molecule has 4 aliphatic rings. The van der Waals surface area contributed by atoms with Crippen LogP contribution in [0.15, 0.2) is 48.5 Å². The number of nitrogens with zero attached hydrogens (tertiary/aromatic N) is 2. The third-order valence-corrected chi connectivity index (χ3v) is 6.08. The third kappa shape index (κ3) is 4.78. The molecule has 0 spiro atoms. The van der Waals surface area contributed by atoms with Crippen LogP contribution in [0.1, 0.15) is 0 Å². The largest absolute Gasteiger partial charge is 0.371 e. The van der Waals surface area contributed by atoms with E-state index in [-0.39, 0.29) is 0 Å². The van der Waals surface area contributed by atoms with Crippen molar-refractivity contribution in [3.8, 4) is 11.1 Å². The van der Waals surface area contributed by atoms with E-state index < -0.39 is 0 Å². The van der Waals surface area contributed by atoms with Crippen LogP contribution < -0.4 is 9.80 Å². The zero-order valence-electron chi connectivity index (χ0n) is 17.1. The first kappa shape index (κ1) is 18.6. The molecule has 4 saturated heterocycles. The number of anilines is 2. The lowest BCUT2D eigenvalue weighted by molar-refractivity contribution is 0.388. The standard InChI is InChI=1S/C24H28N2O4/c1-2-18(8-20(3-1)26(11-23-15-29-23)12-24-16-30-24)17-4-6-19(7-5-17)25(9-21-13-27-21)10-22-14-28-22/h1-8,21-24H,9-16H2. The molecule has 0 N–H and O–H groups in total. The predicted molar refractivity (Wildman–Crippen MR) is 115 cm³/mol. The summed E-state index contributed by atoms with van der Waals surface area (Å²) in [6.07, 6.45) is 1.47. The first-order chi connectivity index (χ1) is 14.8. The molecule has 0 amide bonds. The molecule has 6 heteroatoms. The molecular formula is C24H28N2O4. The molecule has 0 saturated carbocycles. The van der Waals surface area contributed by atoms with Gasteiger partial charge in [0.1, 0.15) is 0 Å². The summed E-state index contributed by atoms with van der Waals surface area (Å²) < 4.78 is 21.8. The Morgan fingerprint density at radius 2 is 1.03 bits per heavy atom. The van der Waals surface area contributed by atoms with Gasteiger partial charge in [0, 0.05) is 37.6 Å². The topological polar surface area (TPSA) is 56.6 Å². The average molecular weight is 408 g/mol. The maximum Gasteiger partial charge on any atom is 0.0984 e. The molecule has 158 valence electrons. The molecule has 4 unspecified atom stereocenters. The molecule has 4 aliphatic heterocycles. The zero-order valence-corrected chi connectivity index (χ0v) is 17.1. The maximum atomic E-state index is 5.47. The Kier molecular flexibility index (Phi) is 4.88. The van der Waals surface area contributed by atoms with Crippen LogP contribution in [0.5, 0.6) is 0 Å². The van der Waals surface area contributed by atoms with Gasteiger partial charge in [0.05, 0.1) is 50.8 Å². The maximum absolute atomic E-state index is 5.47. The number of epoxide rings is 4. The quantitative estimate of drug-likeness (QED) is 0.533. The van der Waals surface area contributed by atoms with Crippen molar-refractivity contribution in [3.63, 3.8) is 0 Å². The van der Waals surface area contributed by atoms with E-state index in [9.17, 15) is 0 Å². The lowest BCUT2D eigenvalue weighted by Gasteiger charge is -2.24. The Morgan fingerprint density at radius 1 is 0.567 bits per heavy atom.